The molecular formula is C16H24O3. The van der Waals surface area contributed by atoms with Crippen molar-refractivity contribution in [1.29, 1.82) is 0 Å². The summed E-state index contributed by atoms with van der Waals surface area (Å²) in [5.74, 6) is -0.459. The number of ether oxygens (including phenoxy) is 2. The lowest BCUT2D eigenvalue weighted by Gasteiger charge is -2.25. The molecule has 19 heavy (non-hydrogen) atoms. The average Bonchev–Trinajstić information content (AvgIpc) is 2.79. The van der Waals surface area contributed by atoms with Crippen molar-refractivity contribution in [2.45, 2.75) is 57.5 Å². The van der Waals surface area contributed by atoms with Crippen LogP contribution in [0.2, 0.25) is 0 Å². The fourth-order valence-corrected chi connectivity index (χ4v) is 2.71. The van der Waals surface area contributed by atoms with Crippen LogP contribution in [0.4, 0.5) is 0 Å². The van der Waals surface area contributed by atoms with Crippen LogP contribution in [0.1, 0.15) is 38.7 Å². The van der Waals surface area contributed by atoms with Gasteiger partial charge in [0.15, 0.2) is 5.79 Å². The van der Waals surface area contributed by atoms with Crippen LogP contribution < -0.4 is 0 Å². The number of hydrogen-bond donors (Lipinski definition) is 1. The zero-order chi connectivity index (χ0) is 13.7. The predicted octanol–water partition coefficient (Wildman–Crippen LogP) is 2.91. The highest BCUT2D eigenvalue weighted by Gasteiger charge is 2.44. The molecule has 0 amide bonds. The van der Waals surface area contributed by atoms with Gasteiger partial charge in [-0.3, -0.25) is 0 Å². The lowest BCUT2D eigenvalue weighted by molar-refractivity contribution is -0.179. The minimum absolute atomic E-state index is 0.00916. The van der Waals surface area contributed by atoms with Gasteiger partial charge in [-0.15, -0.1) is 0 Å². The molecule has 3 heteroatoms. The Morgan fingerprint density at radius 3 is 2.26 bits per heavy atom. The Balaban J connectivity index is 2.08. The van der Waals surface area contributed by atoms with Gasteiger partial charge >= 0.3 is 0 Å². The van der Waals surface area contributed by atoms with Crippen LogP contribution in [0.25, 0.3) is 0 Å². The Hall–Kier alpha value is -0.900. The summed E-state index contributed by atoms with van der Waals surface area (Å²) in [6.07, 6.45) is 3.19. The number of rotatable bonds is 6. The lowest BCUT2D eigenvalue weighted by atomic mass is 10.0. The molecule has 0 bridgehead atoms. The molecule has 0 radical (unpaired) electrons. The van der Waals surface area contributed by atoms with Gasteiger partial charge in [-0.25, -0.2) is 0 Å². The predicted molar refractivity (Wildman–Crippen MR) is 74.9 cm³/mol. The van der Waals surface area contributed by atoms with Crippen molar-refractivity contribution in [2.75, 3.05) is 6.61 Å². The van der Waals surface area contributed by atoms with Gasteiger partial charge in [-0.05, 0) is 24.8 Å². The SMILES string of the molecule is CCC1(CC)OC(Cc2ccccc2)[C@H](CCO)O1. The fraction of sp³-hybridized carbons (Fsp3) is 0.625. The molecule has 1 N–H and O–H groups in total. The topological polar surface area (TPSA) is 38.7 Å². The molecule has 1 heterocycles. The van der Waals surface area contributed by atoms with E-state index < -0.39 is 5.79 Å². The molecule has 2 atom stereocenters. The first-order valence-corrected chi connectivity index (χ1v) is 7.23. The summed E-state index contributed by atoms with van der Waals surface area (Å²) in [6, 6.07) is 10.3. The van der Waals surface area contributed by atoms with E-state index in [-0.39, 0.29) is 18.8 Å². The van der Waals surface area contributed by atoms with E-state index in [4.69, 9.17) is 9.47 Å². The Morgan fingerprint density at radius 2 is 1.68 bits per heavy atom. The second-order valence-corrected chi connectivity index (χ2v) is 5.13. The summed E-state index contributed by atoms with van der Waals surface area (Å²) < 4.78 is 12.3. The highest BCUT2D eigenvalue weighted by atomic mass is 16.8. The van der Waals surface area contributed by atoms with Gasteiger partial charge in [-0.1, -0.05) is 44.2 Å². The molecule has 3 nitrogen and oxygen atoms in total. The fourth-order valence-electron chi connectivity index (χ4n) is 2.71. The minimum Gasteiger partial charge on any atom is -0.396 e. The standard InChI is InChI=1S/C16H24O3/c1-3-16(4-2)18-14(10-11-17)15(19-16)12-13-8-6-5-7-9-13/h5-9,14-15,17H,3-4,10-12H2,1-2H3/t14-,15?/m0/s1. The van der Waals surface area contributed by atoms with Crippen molar-refractivity contribution < 1.29 is 14.6 Å². The molecule has 1 saturated heterocycles. The van der Waals surface area contributed by atoms with Gasteiger partial charge in [0.1, 0.15) is 0 Å². The zero-order valence-electron chi connectivity index (χ0n) is 11.8. The summed E-state index contributed by atoms with van der Waals surface area (Å²) in [4.78, 5) is 0. The summed E-state index contributed by atoms with van der Waals surface area (Å²) in [5, 5.41) is 9.19. The van der Waals surface area contributed by atoms with Crippen LogP contribution in [-0.2, 0) is 15.9 Å². The summed E-state index contributed by atoms with van der Waals surface area (Å²) >= 11 is 0. The Morgan fingerprint density at radius 1 is 1.05 bits per heavy atom. The van der Waals surface area contributed by atoms with Crippen LogP contribution in [0.5, 0.6) is 0 Å². The summed E-state index contributed by atoms with van der Waals surface area (Å²) in [7, 11) is 0. The van der Waals surface area contributed by atoms with Crippen LogP contribution in [0.3, 0.4) is 0 Å². The highest BCUT2D eigenvalue weighted by Crippen LogP contribution is 2.36. The molecule has 0 aliphatic carbocycles. The third-order valence-electron chi connectivity index (χ3n) is 3.92. The van der Waals surface area contributed by atoms with Crippen molar-refractivity contribution in [1.82, 2.24) is 0 Å². The molecule has 1 aromatic rings. The lowest BCUT2D eigenvalue weighted by Crippen LogP contribution is -2.29. The van der Waals surface area contributed by atoms with Crippen LogP contribution in [0.15, 0.2) is 30.3 Å². The minimum atomic E-state index is -0.459. The summed E-state index contributed by atoms with van der Waals surface area (Å²) in [5.41, 5.74) is 1.25. The Kier molecular flexibility index (Phi) is 4.97. The van der Waals surface area contributed by atoms with E-state index in [2.05, 4.69) is 26.0 Å². The number of benzene rings is 1. The quantitative estimate of drug-likeness (QED) is 0.858. The van der Waals surface area contributed by atoms with E-state index in [1.54, 1.807) is 0 Å². The third-order valence-corrected chi connectivity index (χ3v) is 3.92. The maximum atomic E-state index is 9.19. The number of hydrogen-bond acceptors (Lipinski definition) is 3. The van der Waals surface area contributed by atoms with E-state index >= 15 is 0 Å². The molecule has 1 unspecified atom stereocenters. The molecule has 0 saturated carbocycles. The van der Waals surface area contributed by atoms with Gasteiger partial charge in [0.2, 0.25) is 0 Å². The van der Waals surface area contributed by atoms with E-state index in [0.717, 1.165) is 19.3 Å². The number of aliphatic hydroxyl groups excluding tert-OH is 1. The molecule has 0 aromatic heterocycles. The maximum Gasteiger partial charge on any atom is 0.168 e. The van der Waals surface area contributed by atoms with Gasteiger partial charge in [0.25, 0.3) is 0 Å². The molecule has 2 rings (SSSR count). The first-order chi connectivity index (χ1) is 9.23. The second kappa shape index (κ2) is 6.51. The van der Waals surface area contributed by atoms with Crippen molar-refractivity contribution in [2.24, 2.45) is 0 Å². The maximum absolute atomic E-state index is 9.19. The van der Waals surface area contributed by atoms with Crippen molar-refractivity contribution in [3.63, 3.8) is 0 Å². The monoisotopic (exact) mass is 264 g/mol. The van der Waals surface area contributed by atoms with Crippen LogP contribution in [0, 0.1) is 0 Å². The second-order valence-electron chi connectivity index (χ2n) is 5.13. The van der Waals surface area contributed by atoms with Gasteiger partial charge in [-0.2, -0.15) is 0 Å². The largest absolute Gasteiger partial charge is 0.396 e. The van der Waals surface area contributed by atoms with E-state index in [9.17, 15) is 5.11 Å². The molecule has 1 aromatic carbocycles. The number of aliphatic hydroxyl groups is 1. The zero-order valence-corrected chi connectivity index (χ0v) is 11.8. The van der Waals surface area contributed by atoms with Crippen molar-refractivity contribution >= 4 is 0 Å². The first kappa shape index (κ1) is 14.5. The summed E-state index contributed by atoms with van der Waals surface area (Å²) in [6.45, 7) is 4.32. The Bertz CT molecular complexity index is 373. The third kappa shape index (κ3) is 3.35. The molecule has 0 spiro atoms. The van der Waals surface area contributed by atoms with Gasteiger partial charge in [0.05, 0.1) is 12.2 Å². The van der Waals surface area contributed by atoms with Gasteiger partial charge < -0.3 is 14.6 Å². The van der Waals surface area contributed by atoms with E-state index in [0.29, 0.717) is 6.42 Å². The van der Waals surface area contributed by atoms with Crippen molar-refractivity contribution in [3.8, 4) is 0 Å². The normalized spacial score (nSPS) is 25.6. The van der Waals surface area contributed by atoms with Crippen molar-refractivity contribution in [3.05, 3.63) is 35.9 Å². The molecular weight excluding hydrogens is 240 g/mol. The Labute approximate surface area is 115 Å². The average molecular weight is 264 g/mol. The van der Waals surface area contributed by atoms with E-state index in [1.165, 1.54) is 5.56 Å². The smallest absolute Gasteiger partial charge is 0.168 e. The molecule has 1 fully saturated rings. The van der Waals surface area contributed by atoms with E-state index in [1.807, 2.05) is 18.2 Å². The molecule has 1 aliphatic rings. The van der Waals surface area contributed by atoms with Crippen LogP contribution in [-0.4, -0.2) is 29.7 Å². The molecule has 1 aliphatic heterocycles. The first-order valence-electron chi connectivity index (χ1n) is 7.23. The van der Waals surface area contributed by atoms with Gasteiger partial charge in [0, 0.05) is 13.0 Å². The van der Waals surface area contributed by atoms with Crippen LogP contribution >= 0.6 is 0 Å². The highest BCUT2D eigenvalue weighted by molar-refractivity contribution is 5.16. The molecule has 106 valence electrons.